The van der Waals surface area contributed by atoms with Crippen LogP contribution in [-0.4, -0.2) is 48.7 Å². The summed E-state index contributed by atoms with van der Waals surface area (Å²) in [5.41, 5.74) is 0. The minimum Gasteiger partial charge on any atom is -0.467 e. The van der Waals surface area contributed by atoms with Gasteiger partial charge >= 0.3 is 6.01 Å². The van der Waals surface area contributed by atoms with E-state index in [4.69, 9.17) is 16.3 Å². The maximum absolute atomic E-state index is 5.85. The zero-order chi connectivity index (χ0) is 13.0. The molecule has 0 spiro atoms. The van der Waals surface area contributed by atoms with Gasteiger partial charge in [0.25, 0.3) is 0 Å². The third-order valence-electron chi connectivity index (χ3n) is 3.15. The van der Waals surface area contributed by atoms with E-state index in [0.717, 1.165) is 38.4 Å². The fourth-order valence-corrected chi connectivity index (χ4v) is 2.33. The van der Waals surface area contributed by atoms with E-state index in [-0.39, 0.29) is 11.3 Å². The van der Waals surface area contributed by atoms with Crippen molar-refractivity contribution in [2.24, 2.45) is 5.92 Å². The number of hydrogen-bond donors (Lipinski definition) is 1. The fraction of sp³-hybridized carbons (Fsp3) is 0.727. The molecule has 18 heavy (non-hydrogen) atoms. The Morgan fingerprint density at radius 2 is 2.06 bits per heavy atom. The van der Waals surface area contributed by atoms with Crippen LogP contribution in [0.15, 0.2) is 0 Å². The minimum absolute atomic E-state index is 0.175. The fourth-order valence-electron chi connectivity index (χ4n) is 2.18. The molecule has 0 aliphatic carbocycles. The van der Waals surface area contributed by atoms with Gasteiger partial charge in [-0.25, -0.2) is 0 Å². The Kier molecular flexibility index (Phi) is 4.54. The summed E-state index contributed by atoms with van der Waals surface area (Å²) in [6.07, 6.45) is 2.26. The number of rotatable bonds is 4. The molecule has 0 bridgehead atoms. The second kappa shape index (κ2) is 6.15. The van der Waals surface area contributed by atoms with Crippen molar-refractivity contribution in [3.63, 3.8) is 0 Å². The van der Waals surface area contributed by atoms with E-state index < -0.39 is 0 Å². The van der Waals surface area contributed by atoms with Crippen LogP contribution in [0.4, 0.5) is 5.95 Å². The monoisotopic (exact) mass is 271 g/mol. The van der Waals surface area contributed by atoms with Crippen LogP contribution in [0.3, 0.4) is 0 Å². The Hall–Kier alpha value is -1.14. The number of aromatic nitrogens is 3. The van der Waals surface area contributed by atoms with Gasteiger partial charge < -0.3 is 15.0 Å². The summed E-state index contributed by atoms with van der Waals surface area (Å²) >= 11 is 5.85. The van der Waals surface area contributed by atoms with E-state index in [1.807, 2.05) is 7.05 Å². The number of halogens is 1. The van der Waals surface area contributed by atoms with Crippen LogP contribution in [0.25, 0.3) is 0 Å². The maximum atomic E-state index is 5.85. The van der Waals surface area contributed by atoms with Gasteiger partial charge in [-0.3, -0.25) is 0 Å². The molecule has 0 saturated carbocycles. The average Bonchev–Trinajstić information content (AvgIpc) is 2.39. The first-order chi connectivity index (χ1) is 8.72. The Bertz CT molecular complexity index is 395. The molecule has 1 N–H and O–H groups in total. The zero-order valence-electron chi connectivity index (χ0n) is 10.7. The van der Waals surface area contributed by atoms with Crippen molar-refractivity contribution in [2.75, 3.05) is 38.7 Å². The van der Waals surface area contributed by atoms with Gasteiger partial charge in [-0.1, -0.05) is 0 Å². The first-order valence-electron chi connectivity index (χ1n) is 6.08. The standard InChI is InChI=1S/C11H18ClN5O/c1-13-7-8-3-5-17(6-4-8)10-14-9(12)15-11(16-10)18-2/h8,13H,3-7H2,1-2H3. The Balaban J connectivity index is 2.02. The molecule has 2 rings (SSSR count). The lowest BCUT2D eigenvalue weighted by Gasteiger charge is -2.31. The van der Waals surface area contributed by atoms with Crippen molar-refractivity contribution < 1.29 is 4.74 Å². The summed E-state index contributed by atoms with van der Waals surface area (Å²) < 4.78 is 5.00. The molecule has 100 valence electrons. The van der Waals surface area contributed by atoms with Crippen LogP contribution in [0.1, 0.15) is 12.8 Å². The van der Waals surface area contributed by atoms with Crippen LogP contribution >= 0.6 is 11.6 Å². The summed E-state index contributed by atoms with van der Waals surface area (Å²) in [5, 5.41) is 3.39. The lowest BCUT2D eigenvalue weighted by Crippen LogP contribution is -2.37. The second-order valence-corrected chi connectivity index (χ2v) is 4.72. The molecule has 1 saturated heterocycles. The number of methoxy groups -OCH3 is 1. The molecule has 0 atom stereocenters. The van der Waals surface area contributed by atoms with Crippen molar-refractivity contribution in [1.82, 2.24) is 20.3 Å². The lowest BCUT2D eigenvalue weighted by atomic mass is 9.97. The molecule has 6 nitrogen and oxygen atoms in total. The third kappa shape index (κ3) is 3.20. The molecular weight excluding hydrogens is 254 g/mol. The van der Waals surface area contributed by atoms with E-state index in [0.29, 0.717) is 5.95 Å². The highest BCUT2D eigenvalue weighted by Crippen LogP contribution is 2.22. The molecule has 0 amide bonds. The van der Waals surface area contributed by atoms with Crippen molar-refractivity contribution >= 4 is 17.5 Å². The third-order valence-corrected chi connectivity index (χ3v) is 3.32. The molecule has 7 heteroatoms. The molecule has 1 aliphatic heterocycles. The number of ether oxygens (including phenoxy) is 1. The van der Waals surface area contributed by atoms with Crippen molar-refractivity contribution in [1.29, 1.82) is 0 Å². The van der Waals surface area contributed by atoms with Gasteiger partial charge in [0.1, 0.15) is 0 Å². The molecule has 0 radical (unpaired) electrons. The van der Waals surface area contributed by atoms with Gasteiger partial charge in [-0.05, 0) is 44.0 Å². The largest absolute Gasteiger partial charge is 0.467 e. The summed E-state index contributed by atoms with van der Waals surface area (Å²) in [5.74, 6) is 1.33. The number of nitrogens with zero attached hydrogens (tertiary/aromatic N) is 4. The number of nitrogens with one attached hydrogen (secondary N) is 1. The quantitative estimate of drug-likeness (QED) is 0.880. The number of anilines is 1. The molecule has 1 aliphatic rings. The summed E-state index contributed by atoms with van der Waals surface area (Å²) in [6.45, 7) is 2.95. The smallest absolute Gasteiger partial charge is 0.322 e. The average molecular weight is 272 g/mol. The highest BCUT2D eigenvalue weighted by molar-refractivity contribution is 6.28. The molecule has 1 aromatic heterocycles. The zero-order valence-corrected chi connectivity index (χ0v) is 11.4. The highest BCUT2D eigenvalue weighted by atomic mass is 35.5. The van der Waals surface area contributed by atoms with E-state index in [1.54, 1.807) is 0 Å². The topological polar surface area (TPSA) is 63.2 Å². The predicted octanol–water partition coefficient (Wildman–Crippen LogP) is 0.969. The van der Waals surface area contributed by atoms with Crippen molar-refractivity contribution in [2.45, 2.75) is 12.8 Å². The Labute approximate surface area is 112 Å². The van der Waals surface area contributed by atoms with Gasteiger partial charge in [-0.2, -0.15) is 15.0 Å². The van der Waals surface area contributed by atoms with Crippen LogP contribution < -0.4 is 15.0 Å². The minimum atomic E-state index is 0.175. The van der Waals surface area contributed by atoms with E-state index in [2.05, 4.69) is 25.2 Å². The molecule has 0 aromatic carbocycles. The van der Waals surface area contributed by atoms with E-state index >= 15 is 0 Å². The van der Waals surface area contributed by atoms with Gasteiger partial charge in [0.2, 0.25) is 11.2 Å². The highest BCUT2D eigenvalue weighted by Gasteiger charge is 2.21. The molecule has 0 unspecified atom stereocenters. The molecule has 1 aromatic rings. The van der Waals surface area contributed by atoms with Crippen LogP contribution in [-0.2, 0) is 0 Å². The predicted molar refractivity (Wildman–Crippen MR) is 70.3 cm³/mol. The summed E-state index contributed by atoms with van der Waals surface area (Å²) in [7, 11) is 3.51. The molecule has 1 fully saturated rings. The van der Waals surface area contributed by atoms with Crippen LogP contribution in [0, 0.1) is 5.92 Å². The number of piperidine rings is 1. The van der Waals surface area contributed by atoms with E-state index in [1.165, 1.54) is 7.11 Å². The van der Waals surface area contributed by atoms with Crippen molar-refractivity contribution in [3.05, 3.63) is 5.28 Å². The first-order valence-corrected chi connectivity index (χ1v) is 6.46. The van der Waals surface area contributed by atoms with Crippen molar-refractivity contribution in [3.8, 4) is 6.01 Å². The van der Waals surface area contributed by atoms with E-state index in [9.17, 15) is 0 Å². The second-order valence-electron chi connectivity index (χ2n) is 4.38. The molecule has 2 heterocycles. The lowest BCUT2D eigenvalue weighted by molar-refractivity contribution is 0.371. The van der Waals surface area contributed by atoms with Gasteiger partial charge in [0, 0.05) is 13.1 Å². The van der Waals surface area contributed by atoms with Gasteiger partial charge in [0.15, 0.2) is 0 Å². The van der Waals surface area contributed by atoms with Gasteiger partial charge in [-0.15, -0.1) is 0 Å². The Morgan fingerprint density at radius 3 is 2.67 bits per heavy atom. The van der Waals surface area contributed by atoms with Crippen LogP contribution in [0.2, 0.25) is 5.28 Å². The Morgan fingerprint density at radius 1 is 1.33 bits per heavy atom. The maximum Gasteiger partial charge on any atom is 0.322 e. The number of hydrogen-bond acceptors (Lipinski definition) is 6. The normalized spacial score (nSPS) is 16.9. The molecular formula is C11H18ClN5O. The van der Waals surface area contributed by atoms with Crippen LogP contribution in [0.5, 0.6) is 6.01 Å². The SMILES string of the molecule is CNCC1CCN(c2nc(Cl)nc(OC)n2)CC1. The first kappa shape index (κ1) is 13.3. The van der Waals surface area contributed by atoms with Gasteiger partial charge in [0.05, 0.1) is 7.11 Å². The summed E-state index contributed by atoms with van der Waals surface area (Å²) in [4.78, 5) is 14.4. The summed E-state index contributed by atoms with van der Waals surface area (Å²) in [6, 6.07) is 0.266.